The molecule has 0 aromatic carbocycles. The van der Waals surface area contributed by atoms with Gasteiger partial charge in [-0.1, -0.05) is 13.3 Å². The Morgan fingerprint density at radius 2 is 1.68 bits per heavy atom. The number of carbonyl (C=O) groups is 3. The zero-order valence-corrected chi connectivity index (χ0v) is 13.7. The fraction of sp³-hybridized carbons (Fsp3) is 0.800. The summed E-state index contributed by atoms with van der Waals surface area (Å²) in [4.78, 5) is 35.7. The zero-order valence-electron chi connectivity index (χ0n) is 13.7. The van der Waals surface area contributed by atoms with Crippen molar-refractivity contribution in [2.45, 2.75) is 58.8 Å². The predicted molar refractivity (Wildman–Crippen MR) is 78.0 cm³/mol. The number of hydrogen-bond donors (Lipinski definition) is 0. The molecule has 0 aromatic rings. The minimum atomic E-state index is -0.627. The highest BCUT2D eigenvalue weighted by Gasteiger charge is 2.46. The van der Waals surface area contributed by atoms with Crippen LogP contribution in [0.15, 0.2) is 0 Å². The summed E-state index contributed by atoms with van der Waals surface area (Å²) in [5.74, 6) is -1.27. The lowest BCUT2D eigenvalue weighted by atomic mass is 10.1. The molecular weight excluding hydrogens is 290 g/mol. The molecule has 0 radical (unpaired) electrons. The molecule has 1 aliphatic heterocycles. The van der Waals surface area contributed by atoms with Crippen molar-refractivity contribution in [2.24, 2.45) is 0 Å². The second-order valence-electron chi connectivity index (χ2n) is 5.44. The van der Waals surface area contributed by atoms with Gasteiger partial charge in [-0.15, -0.1) is 0 Å². The average Bonchev–Trinajstić information content (AvgIpc) is 2.70. The molecule has 0 N–H and O–H groups in total. The van der Waals surface area contributed by atoms with Crippen molar-refractivity contribution in [3.63, 3.8) is 0 Å². The maximum absolute atomic E-state index is 11.3. The summed E-state index contributed by atoms with van der Waals surface area (Å²) < 4.78 is 15.7. The van der Waals surface area contributed by atoms with Gasteiger partial charge in [0.2, 0.25) is 0 Å². The molecule has 1 fully saturated rings. The SMILES string of the molecule is CCCCN1C[C@@H](OC(C)=O)[C@H](OC(C)=O)[C@H]1COC(C)=O. The summed E-state index contributed by atoms with van der Waals surface area (Å²) in [6, 6.07) is -0.302. The van der Waals surface area contributed by atoms with Crippen LogP contribution in [0, 0.1) is 0 Å². The molecule has 0 spiro atoms. The third kappa shape index (κ3) is 5.63. The van der Waals surface area contributed by atoms with Gasteiger partial charge < -0.3 is 14.2 Å². The highest BCUT2D eigenvalue weighted by atomic mass is 16.6. The number of rotatable bonds is 7. The largest absolute Gasteiger partial charge is 0.464 e. The highest BCUT2D eigenvalue weighted by molar-refractivity contribution is 5.68. The van der Waals surface area contributed by atoms with E-state index < -0.39 is 30.1 Å². The zero-order chi connectivity index (χ0) is 16.7. The van der Waals surface area contributed by atoms with Crippen LogP contribution in [0.1, 0.15) is 40.5 Å². The molecule has 0 aliphatic carbocycles. The molecule has 1 aliphatic rings. The Balaban J connectivity index is 2.88. The molecule has 0 bridgehead atoms. The predicted octanol–water partition coefficient (Wildman–Crippen LogP) is 0.897. The van der Waals surface area contributed by atoms with Crippen molar-refractivity contribution >= 4 is 17.9 Å². The molecule has 0 unspecified atom stereocenters. The summed E-state index contributed by atoms with van der Waals surface area (Å²) in [6.07, 6.45) is 0.792. The van der Waals surface area contributed by atoms with Crippen LogP contribution in [0.2, 0.25) is 0 Å². The van der Waals surface area contributed by atoms with Crippen molar-refractivity contribution in [2.75, 3.05) is 19.7 Å². The van der Waals surface area contributed by atoms with Crippen molar-refractivity contribution in [1.29, 1.82) is 0 Å². The molecule has 3 atom stereocenters. The Kier molecular flexibility index (Phi) is 7.31. The number of ether oxygens (including phenoxy) is 3. The van der Waals surface area contributed by atoms with E-state index in [1.54, 1.807) is 0 Å². The highest BCUT2D eigenvalue weighted by Crippen LogP contribution is 2.25. The first-order valence-electron chi connectivity index (χ1n) is 7.57. The summed E-state index contributed by atoms with van der Waals surface area (Å²) >= 11 is 0. The average molecular weight is 315 g/mol. The second-order valence-corrected chi connectivity index (χ2v) is 5.44. The van der Waals surface area contributed by atoms with Gasteiger partial charge >= 0.3 is 17.9 Å². The molecule has 1 rings (SSSR count). The van der Waals surface area contributed by atoms with Crippen LogP contribution in [0.5, 0.6) is 0 Å². The Morgan fingerprint density at radius 3 is 2.18 bits per heavy atom. The number of carbonyl (C=O) groups excluding carboxylic acids is 3. The first kappa shape index (κ1) is 18.4. The quantitative estimate of drug-likeness (QED) is 0.510. The van der Waals surface area contributed by atoms with Gasteiger partial charge in [-0.25, -0.2) is 0 Å². The molecule has 7 nitrogen and oxygen atoms in total. The summed E-state index contributed by atoms with van der Waals surface area (Å²) in [5, 5.41) is 0. The van der Waals surface area contributed by atoms with Crippen LogP contribution in [-0.4, -0.2) is 60.8 Å². The van der Waals surface area contributed by atoms with E-state index in [-0.39, 0.29) is 12.6 Å². The topological polar surface area (TPSA) is 82.1 Å². The maximum Gasteiger partial charge on any atom is 0.303 e. The van der Waals surface area contributed by atoms with Gasteiger partial charge in [0.25, 0.3) is 0 Å². The molecule has 7 heteroatoms. The molecule has 126 valence electrons. The maximum atomic E-state index is 11.3. The molecule has 1 saturated heterocycles. The lowest BCUT2D eigenvalue weighted by Gasteiger charge is -2.27. The van der Waals surface area contributed by atoms with Crippen molar-refractivity contribution in [1.82, 2.24) is 4.90 Å². The lowest BCUT2D eigenvalue weighted by molar-refractivity contribution is -0.164. The fourth-order valence-electron chi connectivity index (χ4n) is 2.61. The van der Waals surface area contributed by atoms with E-state index in [4.69, 9.17) is 14.2 Å². The van der Waals surface area contributed by atoms with E-state index in [1.807, 2.05) is 4.90 Å². The first-order valence-corrected chi connectivity index (χ1v) is 7.57. The van der Waals surface area contributed by atoms with Gasteiger partial charge in [-0.3, -0.25) is 19.3 Å². The summed E-state index contributed by atoms with van der Waals surface area (Å²) in [6.45, 7) is 7.36. The Hall–Kier alpha value is -1.63. The number of unbranched alkanes of at least 4 members (excludes halogenated alkanes) is 1. The molecule has 22 heavy (non-hydrogen) atoms. The Labute approximate surface area is 130 Å². The third-order valence-electron chi connectivity index (χ3n) is 3.50. The normalized spacial score (nSPS) is 24.8. The first-order chi connectivity index (χ1) is 10.3. The van der Waals surface area contributed by atoms with E-state index in [0.29, 0.717) is 6.54 Å². The standard InChI is InChI=1S/C15H25NO6/c1-5-6-7-16-8-14(21-11(3)18)15(22-12(4)19)13(16)9-20-10(2)17/h13-15H,5-9H2,1-4H3/t13-,14-,15-/m1/s1. The van der Waals surface area contributed by atoms with Gasteiger partial charge in [0.15, 0.2) is 12.2 Å². The van der Waals surface area contributed by atoms with Crippen molar-refractivity contribution in [3.05, 3.63) is 0 Å². The van der Waals surface area contributed by atoms with Crippen molar-refractivity contribution in [3.8, 4) is 0 Å². The van der Waals surface area contributed by atoms with E-state index >= 15 is 0 Å². The molecule has 0 saturated carbocycles. The van der Waals surface area contributed by atoms with Crippen LogP contribution in [-0.2, 0) is 28.6 Å². The number of esters is 3. The van der Waals surface area contributed by atoms with Gasteiger partial charge in [0, 0.05) is 27.3 Å². The van der Waals surface area contributed by atoms with Crippen LogP contribution in [0.25, 0.3) is 0 Å². The van der Waals surface area contributed by atoms with Gasteiger partial charge in [0.1, 0.15) is 6.61 Å². The lowest BCUT2D eigenvalue weighted by Crippen LogP contribution is -2.43. The molecule has 0 aromatic heterocycles. The monoisotopic (exact) mass is 315 g/mol. The third-order valence-corrected chi connectivity index (χ3v) is 3.50. The van der Waals surface area contributed by atoms with Crippen LogP contribution >= 0.6 is 0 Å². The van der Waals surface area contributed by atoms with Crippen LogP contribution in [0.4, 0.5) is 0 Å². The van der Waals surface area contributed by atoms with E-state index in [9.17, 15) is 14.4 Å². The molecule has 1 heterocycles. The number of likely N-dealkylation sites (tertiary alicyclic amines) is 1. The summed E-state index contributed by atoms with van der Waals surface area (Å²) in [5.41, 5.74) is 0. The van der Waals surface area contributed by atoms with E-state index in [1.165, 1.54) is 20.8 Å². The minimum absolute atomic E-state index is 0.106. The fourth-order valence-corrected chi connectivity index (χ4v) is 2.61. The van der Waals surface area contributed by atoms with Crippen LogP contribution in [0.3, 0.4) is 0 Å². The number of nitrogens with zero attached hydrogens (tertiary/aromatic N) is 1. The van der Waals surface area contributed by atoms with Gasteiger partial charge in [0.05, 0.1) is 6.04 Å². The Morgan fingerprint density at radius 1 is 1.05 bits per heavy atom. The molecule has 0 amide bonds. The van der Waals surface area contributed by atoms with E-state index in [0.717, 1.165) is 19.4 Å². The van der Waals surface area contributed by atoms with Crippen LogP contribution < -0.4 is 0 Å². The Bertz CT molecular complexity index is 411. The van der Waals surface area contributed by atoms with Gasteiger partial charge in [-0.05, 0) is 13.0 Å². The molecular formula is C15H25NO6. The minimum Gasteiger partial charge on any atom is -0.464 e. The number of hydrogen-bond acceptors (Lipinski definition) is 7. The summed E-state index contributed by atoms with van der Waals surface area (Å²) in [7, 11) is 0. The van der Waals surface area contributed by atoms with Gasteiger partial charge in [-0.2, -0.15) is 0 Å². The van der Waals surface area contributed by atoms with E-state index in [2.05, 4.69) is 6.92 Å². The second kappa shape index (κ2) is 8.73. The smallest absolute Gasteiger partial charge is 0.303 e. The van der Waals surface area contributed by atoms with Crippen molar-refractivity contribution < 1.29 is 28.6 Å².